The monoisotopic (exact) mass is 347 g/mol. The van der Waals surface area contributed by atoms with Gasteiger partial charge in [0.15, 0.2) is 0 Å². The van der Waals surface area contributed by atoms with Crippen LogP contribution in [0.3, 0.4) is 0 Å². The van der Waals surface area contributed by atoms with Gasteiger partial charge in [-0.1, -0.05) is 26.2 Å². The quantitative estimate of drug-likeness (QED) is 0.701. The fourth-order valence-corrected chi connectivity index (χ4v) is 6.68. The number of rotatable bonds is 4. The molecule has 6 atom stereocenters. The summed E-state index contributed by atoms with van der Waals surface area (Å²) in [5.41, 5.74) is 0. The fourth-order valence-electron chi connectivity index (χ4n) is 6.68. The maximum absolute atomic E-state index is 12.4. The SMILES string of the molecule is CC1CCN(CCC[C@@H]2[C@H]3CCCC[C@@H]3C[C@@H]3C(=O)O[C@@H](C)[C@H]23)CC1. The van der Waals surface area contributed by atoms with Crippen molar-refractivity contribution in [3.05, 3.63) is 0 Å². The van der Waals surface area contributed by atoms with Crippen LogP contribution >= 0.6 is 0 Å². The second-order valence-corrected chi connectivity index (χ2v) is 9.60. The summed E-state index contributed by atoms with van der Waals surface area (Å²) < 4.78 is 5.70. The zero-order chi connectivity index (χ0) is 17.4. The predicted molar refractivity (Wildman–Crippen MR) is 100 cm³/mol. The highest BCUT2D eigenvalue weighted by Crippen LogP contribution is 2.54. The molecule has 4 aliphatic rings. The third kappa shape index (κ3) is 3.63. The van der Waals surface area contributed by atoms with Crippen LogP contribution in [0.5, 0.6) is 0 Å². The number of hydrogen-bond donors (Lipinski definition) is 0. The van der Waals surface area contributed by atoms with Gasteiger partial charge >= 0.3 is 5.97 Å². The molecule has 4 rings (SSSR count). The number of piperidine rings is 1. The van der Waals surface area contributed by atoms with Gasteiger partial charge in [0.05, 0.1) is 5.92 Å². The Labute approximate surface area is 153 Å². The van der Waals surface area contributed by atoms with Crippen LogP contribution < -0.4 is 0 Å². The van der Waals surface area contributed by atoms with Crippen LogP contribution in [0.4, 0.5) is 0 Å². The van der Waals surface area contributed by atoms with E-state index in [9.17, 15) is 4.79 Å². The fraction of sp³-hybridized carbons (Fsp3) is 0.955. The number of carbonyl (C=O) groups is 1. The second-order valence-electron chi connectivity index (χ2n) is 9.60. The van der Waals surface area contributed by atoms with E-state index in [-0.39, 0.29) is 18.0 Å². The molecule has 0 unspecified atom stereocenters. The van der Waals surface area contributed by atoms with Crippen molar-refractivity contribution in [3.63, 3.8) is 0 Å². The third-order valence-corrected chi connectivity index (χ3v) is 8.07. The van der Waals surface area contributed by atoms with E-state index >= 15 is 0 Å². The smallest absolute Gasteiger partial charge is 0.309 e. The van der Waals surface area contributed by atoms with Crippen LogP contribution in [0.25, 0.3) is 0 Å². The van der Waals surface area contributed by atoms with Crippen LogP contribution in [0.15, 0.2) is 0 Å². The van der Waals surface area contributed by atoms with Gasteiger partial charge in [0, 0.05) is 5.92 Å². The summed E-state index contributed by atoms with van der Waals surface area (Å²) in [5, 5.41) is 0. The van der Waals surface area contributed by atoms with Gasteiger partial charge in [-0.15, -0.1) is 0 Å². The van der Waals surface area contributed by atoms with Crippen molar-refractivity contribution in [2.24, 2.45) is 35.5 Å². The van der Waals surface area contributed by atoms with Crippen molar-refractivity contribution in [3.8, 4) is 0 Å². The molecular weight excluding hydrogens is 310 g/mol. The molecular formula is C22H37NO2. The minimum Gasteiger partial charge on any atom is -0.462 e. The Balaban J connectivity index is 1.39. The van der Waals surface area contributed by atoms with E-state index in [2.05, 4.69) is 18.7 Å². The lowest BCUT2D eigenvalue weighted by Gasteiger charge is -2.47. The molecule has 2 aliphatic carbocycles. The van der Waals surface area contributed by atoms with E-state index in [1.54, 1.807) is 0 Å². The zero-order valence-electron chi connectivity index (χ0n) is 16.3. The summed E-state index contributed by atoms with van der Waals surface area (Å²) >= 11 is 0. The van der Waals surface area contributed by atoms with Crippen molar-refractivity contribution < 1.29 is 9.53 Å². The summed E-state index contributed by atoms with van der Waals surface area (Å²) in [5.74, 6) is 4.16. The van der Waals surface area contributed by atoms with Gasteiger partial charge in [0.1, 0.15) is 6.10 Å². The normalized spacial score (nSPS) is 42.7. The second kappa shape index (κ2) is 7.58. The molecule has 25 heavy (non-hydrogen) atoms. The van der Waals surface area contributed by atoms with E-state index in [4.69, 9.17) is 4.74 Å². The first-order valence-corrected chi connectivity index (χ1v) is 11.1. The molecule has 2 saturated heterocycles. The van der Waals surface area contributed by atoms with Gasteiger partial charge in [-0.2, -0.15) is 0 Å². The van der Waals surface area contributed by atoms with Gasteiger partial charge in [-0.05, 0) is 88.8 Å². The minimum atomic E-state index is 0.122. The van der Waals surface area contributed by atoms with Crippen LogP contribution in [-0.4, -0.2) is 36.6 Å². The Morgan fingerprint density at radius 3 is 2.64 bits per heavy atom. The Morgan fingerprint density at radius 2 is 1.84 bits per heavy atom. The Morgan fingerprint density at radius 1 is 1.08 bits per heavy atom. The number of hydrogen-bond acceptors (Lipinski definition) is 3. The average molecular weight is 348 g/mol. The molecule has 0 aromatic rings. The van der Waals surface area contributed by atoms with Crippen molar-refractivity contribution in [2.75, 3.05) is 19.6 Å². The lowest BCUT2D eigenvalue weighted by atomic mass is 9.56. The summed E-state index contributed by atoms with van der Waals surface area (Å²) in [6.07, 6.45) is 12.2. The predicted octanol–water partition coefficient (Wildman–Crippen LogP) is 4.50. The first kappa shape index (κ1) is 17.8. The topological polar surface area (TPSA) is 29.5 Å². The first-order valence-electron chi connectivity index (χ1n) is 11.1. The molecule has 3 nitrogen and oxygen atoms in total. The van der Waals surface area contributed by atoms with E-state index < -0.39 is 0 Å². The van der Waals surface area contributed by atoms with Crippen molar-refractivity contribution >= 4 is 5.97 Å². The number of fused-ring (bicyclic) bond motifs is 2. The number of nitrogens with zero attached hydrogens (tertiary/aromatic N) is 1. The minimum absolute atomic E-state index is 0.122. The van der Waals surface area contributed by atoms with Gasteiger partial charge in [-0.3, -0.25) is 4.79 Å². The molecule has 0 amide bonds. The van der Waals surface area contributed by atoms with E-state index in [0.717, 1.165) is 30.1 Å². The number of esters is 1. The molecule has 0 N–H and O–H groups in total. The van der Waals surface area contributed by atoms with Crippen LogP contribution in [0.1, 0.15) is 71.6 Å². The molecule has 0 spiro atoms. The van der Waals surface area contributed by atoms with Gasteiger partial charge in [0.2, 0.25) is 0 Å². The molecule has 2 heterocycles. The maximum Gasteiger partial charge on any atom is 0.309 e. The van der Waals surface area contributed by atoms with E-state index in [1.807, 2.05) is 0 Å². The van der Waals surface area contributed by atoms with Gasteiger partial charge in [0.25, 0.3) is 0 Å². The van der Waals surface area contributed by atoms with Crippen molar-refractivity contribution in [1.82, 2.24) is 4.90 Å². The molecule has 142 valence electrons. The third-order valence-electron chi connectivity index (χ3n) is 8.07. The van der Waals surface area contributed by atoms with E-state index in [1.165, 1.54) is 71.0 Å². The molecule has 0 radical (unpaired) electrons. The highest BCUT2D eigenvalue weighted by Gasteiger charge is 2.54. The van der Waals surface area contributed by atoms with E-state index in [0.29, 0.717) is 5.92 Å². The van der Waals surface area contributed by atoms with Gasteiger partial charge in [-0.25, -0.2) is 0 Å². The molecule has 4 fully saturated rings. The average Bonchev–Trinajstić information content (AvgIpc) is 2.90. The highest BCUT2D eigenvalue weighted by atomic mass is 16.6. The first-order chi connectivity index (χ1) is 12.1. The Bertz CT molecular complexity index is 471. The Kier molecular flexibility index (Phi) is 5.41. The standard InChI is InChI=1S/C22H37NO2/c1-15-9-12-23(13-10-15)11-5-8-19-18-7-4-3-6-17(18)14-20-21(19)16(2)25-22(20)24/h15-21H,3-14H2,1-2H3/t16-,17+,18-,19+,20-,21+/m0/s1. The van der Waals surface area contributed by atoms with Crippen molar-refractivity contribution in [2.45, 2.75) is 77.7 Å². The molecule has 0 bridgehead atoms. The molecule has 2 aliphatic heterocycles. The largest absolute Gasteiger partial charge is 0.462 e. The molecule has 3 heteroatoms. The molecule has 2 saturated carbocycles. The van der Waals surface area contributed by atoms with Crippen LogP contribution in [0, 0.1) is 35.5 Å². The summed E-state index contributed by atoms with van der Waals surface area (Å²) in [6.45, 7) is 8.40. The lowest BCUT2D eigenvalue weighted by molar-refractivity contribution is -0.144. The lowest BCUT2D eigenvalue weighted by Crippen LogP contribution is -2.44. The van der Waals surface area contributed by atoms with Gasteiger partial charge < -0.3 is 9.64 Å². The zero-order valence-corrected chi connectivity index (χ0v) is 16.3. The molecule has 0 aromatic carbocycles. The Hall–Kier alpha value is -0.570. The summed E-state index contributed by atoms with van der Waals surface area (Å²) in [7, 11) is 0. The number of likely N-dealkylation sites (tertiary alicyclic amines) is 1. The number of carbonyl (C=O) groups excluding carboxylic acids is 1. The number of ether oxygens (including phenoxy) is 1. The van der Waals surface area contributed by atoms with Crippen LogP contribution in [-0.2, 0) is 9.53 Å². The maximum atomic E-state index is 12.4. The summed E-state index contributed by atoms with van der Waals surface area (Å²) in [4.78, 5) is 15.0. The van der Waals surface area contributed by atoms with Crippen molar-refractivity contribution in [1.29, 1.82) is 0 Å². The number of cyclic esters (lactones) is 1. The van der Waals surface area contributed by atoms with Crippen LogP contribution in [0.2, 0.25) is 0 Å². The summed E-state index contributed by atoms with van der Waals surface area (Å²) in [6, 6.07) is 0. The highest BCUT2D eigenvalue weighted by molar-refractivity contribution is 5.75. The molecule has 0 aromatic heterocycles.